The molecular weight excluding hydrogens is 350 g/mol. The molecule has 7 heteroatoms. The molecule has 0 aliphatic carbocycles. The van der Waals surface area contributed by atoms with Crippen LogP contribution in [0.3, 0.4) is 0 Å². The average molecular weight is 367 g/mol. The van der Waals surface area contributed by atoms with Crippen LogP contribution >= 0.6 is 11.3 Å². The Morgan fingerprint density at radius 2 is 1.73 bits per heavy atom. The lowest BCUT2D eigenvalue weighted by atomic mass is 10.1. The molecule has 2 aromatic carbocycles. The van der Waals surface area contributed by atoms with Gasteiger partial charge in [0.15, 0.2) is 0 Å². The first kappa shape index (κ1) is 17.6. The number of amides is 1. The first-order valence-corrected chi connectivity index (χ1v) is 8.92. The summed E-state index contributed by atoms with van der Waals surface area (Å²) in [5.41, 5.74) is 2.76. The van der Waals surface area contributed by atoms with Gasteiger partial charge in [0, 0.05) is 36.5 Å². The standard InChI is InChI=1S/C19H17N3O3S/c23-19(18-17(10-13-26-18)14-4-2-1-3-5-14)21-12-11-20-15-6-8-16(9-7-15)22(24)25/h1-10,13,20H,11-12H2,(H,21,23). The molecule has 0 fully saturated rings. The molecular formula is C19H17N3O3S. The topological polar surface area (TPSA) is 84.3 Å². The molecule has 0 saturated carbocycles. The molecule has 3 rings (SSSR count). The number of non-ortho nitro benzene ring substituents is 1. The lowest BCUT2D eigenvalue weighted by molar-refractivity contribution is -0.384. The van der Waals surface area contributed by atoms with E-state index in [2.05, 4.69) is 10.6 Å². The van der Waals surface area contributed by atoms with Gasteiger partial charge < -0.3 is 10.6 Å². The van der Waals surface area contributed by atoms with Crippen molar-refractivity contribution in [3.8, 4) is 11.1 Å². The number of nitro benzene ring substituents is 1. The molecule has 26 heavy (non-hydrogen) atoms. The van der Waals surface area contributed by atoms with Gasteiger partial charge in [0.2, 0.25) is 0 Å². The maximum atomic E-state index is 12.4. The van der Waals surface area contributed by atoms with E-state index in [-0.39, 0.29) is 11.6 Å². The van der Waals surface area contributed by atoms with Crippen LogP contribution in [0.15, 0.2) is 66.0 Å². The van der Waals surface area contributed by atoms with E-state index in [4.69, 9.17) is 0 Å². The van der Waals surface area contributed by atoms with Crippen LogP contribution in [-0.2, 0) is 0 Å². The highest BCUT2D eigenvalue weighted by Crippen LogP contribution is 2.27. The molecule has 0 bridgehead atoms. The number of nitrogens with zero attached hydrogens (tertiary/aromatic N) is 1. The third-order valence-electron chi connectivity index (χ3n) is 3.77. The van der Waals surface area contributed by atoms with E-state index in [1.54, 1.807) is 12.1 Å². The van der Waals surface area contributed by atoms with E-state index in [1.807, 2.05) is 41.8 Å². The minimum absolute atomic E-state index is 0.0509. The van der Waals surface area contributed by atoms with E-state index in [9.17, 15) is 14.9 Å². The Kier molecular flexibility index (Phi) is 5.60. The number of anilines is 1. The van der Waals surface area contributed by atoms with E-state index < -0.39 is 4.92 Å². The molecule has 132 valence electrons. The summed E-state index contributed by atoms with van der Waals surface area (Å²) in [6.45, 7) is 0.970. The average Bonchev–Trinajstić information content (AvgIpc) is 3.16. The van der Waals surface area contributed by atoms with Gasteiger partial charge in [-0.1, -0.05) is 30.3 Å². The predicted octanol–water partition coefficient (Wildman–Crippen LogP) is 4.17. The Labute approximate surface area is 154 Å². The largest absolute Gasteiger partial charge is 0.383 e. The lowest BCUT2D eigenvalue weighted by Crippen LogP contribution is -2.28. The SMILES string of the molecule is O=C(NCCNc1ccc([N+](=O)[O-])cc1)c1sccc1-c1ccccc1. The van der Waals surface area contributed by atoms with Crippen LogP contribution in [0.1, 0.15) is 9.67 Å². The molecule has 6 nitrogen and oxygen atoms in total. The molecule has 0 atom stereocenters. The summed E-state index contributed by atoms with van der Waals surface area (Å²) < 4.78 is 0. The second-order valence-corrected chi connectivity index (χ2v) is 6.43. The number of benzene rings is 2. The first-order valence-electron chi connectivity index (χ1n) is 8.04. The third-order valence-corrected chi connectivity index (χ3v) is 4.69. The van der Waals surface area contributed by atoms with Gasteiger partial charge in [0.05, 0.1) is 9.80 Å². The van der Waals surface area contributed by atoms with Gasteiger partial charge in [-0.3, -0.25) is 14.9 Å². The Bertz CT molecular complexity index is 892. The zero-order valence-corrected chi connectivity index (χ0v) is 14.7. The quantitative estimate of drug-likeness (QED) is 0.373. The number of carbonyl (C=O) groups is 1. The van der Waals surface area contributed by atoms with Crippen molar-refractivity contribution in [2.75, 3.05) is 18.4 Å². The van der Waals surface area contributed by atoms with Gasteiger partial charge in [-0.2, -0.15) is 0 Å². The van der Waals surface area contributed by atoms with E-state index in [0.29, 0.717) is 18.0 Å². The van der Waals surface area contributed by atoms with E-state index >= 15 is 0 Å². The van der Waals surface area contributed by atoms with Gasteiger partial charge in [-0.05, 0) is 29.1 Å². The van der Waals surface area contributed by atoms with Crippen molar-refractivity contribution in [1.29, 1.82) is 0 Å². The molecule has 0 spiro atoms. The third kappa shape index (κ3) is 4.25. The molecule has 0 aliphatic heterocycles. The molecule has 0 unspecified atom stereocenters. The molecule has 0 aliphatic rings. The normalized spacial score (nSPS) is 10.3. The van der Waals surface area contributed by atoms with Crippen molar-refractivity contribution < 1.29 is 9.72 Å². The molecule has 1 heterocycles. The summed E-state index contributed by atoms with van der Waals surface area (Å²) in [7, 11) is 0. The number of nitrogens with one attached hydrogen (secondary N) is 2. The molecule has 1 aromatic heterocycles. The predicted molar refractivity (Wildman–Crippen MR) is 104 cm³/mol. The number of carbonyl (C=O) groups excluding carboxylic acids is 1. The monoisotopic (exact) mass is 367 g/mol. The van der Waals surface area contributed by atoms with Crippen LogP contribution in [0.5, 0.6) is 0 Å². The van der Waals surface area contributed by atoms with Crippen LogP contribution in [-0.4, -0.2) is 23.9 Å². The zero-order chi connectivity index (χ0) is 18.4. The number of rotatable bonds is 7. The summed E-state index contributed by atoms with van der Waals surface area (Å²) in [4.78, 5) is 23.3. The van der Waals surface area contributed by atoms with Crippen LogP contribution in [0.4, 0.5) is 11.4 Å². The summed E-state index contributed by atoms with van der Waals surface area (Å²) in [5, 5.41) is 18.6. The molecule has 3 aromatic rings. The molecule has 0 saturated heterocycles. The Morgan fingerprint density at radius 1 is 1.00 bits per heavy atom. The highest BCUT2D eigenvalue weighted by molar-refractivity contribution is 7.12. The maximum absolute atomic E-state index is 12.4. The second kappa shape index (κ2) is 8.26. The van der Waals surface area contributed by atoms with Crippen LogP contribution in [0.2, 0.25) is 0 Å². The van der Waals surface area contributed by atoms with Gasteiger partial charge >= 0.3 is 0 Å². The first-order chi connectivity index (χ1) is 12.6. The number of nitro groups is 1. The fourth-order valence-electron chi connectivity index (χ4n) is 2.49. The van der Waals surface area contributed by atoms with Crippen molar-refractivity contribution in [3.63, 3.8) is 0 Å². The summed E-state index contributed by atoms with van der Waals surface area (Å²) in [5.74, 6) is -0.107. The van der Waals surface area contributed by atoms with Crippen molar-refractivity contribution in [1.82, 2.24) is 5.32 Å². The smallest absolute Gasteiger partial charge is 0.269 e. The minimum atomic E-state index is -0.435. The van der Waals surface area contributed by atoms with Crippen molar-refractivity contribution in [3.05, 3.63) is 81.0 Å². The van der Waals surface area contributed by atoms with Gasteiger partial charge in [-0.25, -0.2) is 0 Å². The van der Waals surface area contributed by atoms with Crippen molar-refractivity contribution in [2.45, 2.75) is 0 Å². The molecule has 0 radical (unpaired) electrons. The van der Waals surface area contributed by atoms with E-state index in [0.717, 1.165) is 16.8 Å². The zero-order valence-electron chi connectivity index (χ0n) is 13.8. The van der Waals surface area contributed by atoms with Gasteiger partial charge in [0.1, 0.15) is 0 Å². The highest BCUT2D eigenvalue weighted by Gasteiger charge is 2.13. The number of hydrogen-bond acceptors (Lipinski definition) is 5. The second-order valence-electron chi connectivity index (χ2n) is 5.52. The highest BCUT2D eigenvalue weighted by atomic mass is 32.1. The van der Waals surface area contributed by atoms with Gasteiger partial charge in [-0.15, -0.1) is 11.3 Å². The van der Waals surface area contributed by atoms with Crippen LogP contribution in [0.25, 0.3) is 11.1 Å². The summed E-state index contributed by atoms with van der Waals surface area (Å²) in [6, 6.07) is 17.9. The number of thiophene rings is 1. The number of hydrogen-bond donors (Lipinski definition) is 2. The van der Waals surface area contributed by atoms with Crippen molar-refractivity contribution in [2.24, 2.45) is 0 Å². The fraction of sp³-hybridized carbons (Fsp3) is 0.105. The Morgan fingerprint density at radius 3 is 2.42 bits per heavy atom. The molecule has 1 amide bonds. The van der Waals surface area contributed by atoms with Crippen LogP contribution in [0, 0.1) is 10.1 Å². The minimum Gasteiger partial charge on any atom is -0.383 e. The van der Waals surface area contributed by atoms with Gasteiger partial charge in [0.25, 0.3) is 11.6 Å². The van der Waals surface area contributed by atoms with Crippen molar-refractivity contribution >= 4 is 28.6 Å². The molecule has 2 N–H and O–H groups in total. The lowest BCUT2D eigenvalue weighted by Gasteiger charge is -2.08. The Hall–Kier alpha value is -3.19. The Balaban J connectivity index is 1.52. The van der Waals surface area contributed by atoms with Crippen LogP contribution < -0.4 is 10.6 Å². The van der Waals surface area contributed by atoms with E-state index in [1.165, 1.54) is 23.5 Å². The summed E-state index contributed by atoms with van der Waals surface area (Å²) >= 11 is 1.41. The maximum Gasteiger partial charge on any atom is 0.269 e. The summed E-state index contributed by atoms with van der Waals surface area (Å²) in [6.07, 6.45) is 0. The fourth-order valence-corrected chi connectivity index (χ4v) is 3.33.